The fraction of sp³-hybridized carbons (Fsp3) is 0.647. The molecule has 118 valence electrons. The largest absolute Gasteiger partial charge is 0.490 e. The van der Waals surface area contributed by atoms with Gasteiger partial charge in [-0.2, -0.15) is 0 Å². The SMILES string of the molecule is CC(C)CNCc1ccc(OCC2CCC(C)O2)c(Br)c1. The van der Waals surface area contributed by atoms with Gasteiger partial charge in [-0.3, -0.25) is 0 Å². The van der Waals surface area contributed by atoms with Gasteiger partial charge in [0.05, 0.1) is 16.7 Å². The third-order valence-corrected chi connectivity index (χ3v) is 4.24. The molecule has 0 saturated carbocycles. The summed E-state index contributed by atoms with van der Waals surface area (Å²) in [5.41, 5.74) is 1.26. The van der Waals surface area contributed by atoms with Gasteiger partial charge in [-0.1, -0.05) is 19.9 Å². The molecule has 2 atom stereocenters. The lowest BCUT2D eigenvalue weighted by molar-refractivity contribution is 0.0263. The van der Waals surface area contributed by atoms with Gasteiger partial charge in [-0.15, -0.1) is 0 Å². The fourth-order valence-electron chi connectivity index (χ4n) is 2.47. The number of hydrogen-bond donors (Lipinski definition) is 1. The van der Waals surface area contributed by atoms with Crippen LogP contribution in [0.15, 0.2) is 22.7 Å². The second-order valence-electron chi connectivity index (χ2n) is 6.25. The molecule has 0 aromatic heterocycles. The molecule has 1 saturated heterocycles. The topological polar surface area (TPSA) is 30.5 Å². The van der Waals surface area contributed by atoms with E-state index >= 15 is 0 Å². The zero-order valence-electron chi connectivity index (χ0n) is 13.2. The zero-order valence-corrected chi connectivity index (χ0v) is 14.8. The Morgan fingerprint density at radius 3 is 2.81 bits per heavy atom. The van der Waals surface area contributed by atoms with Gasteiger partial charge in [0.1, 0.15) is 12.4 Å². The van der Waals surface area contributed by atoms with Crippen molar-refractivity contribution in [3.8, 4) is 5.75 Å². The summed E-state index contributed by atoms with van der Waals surface area (Å²) >= 11 is 3.60. The molecular weight excluding hydrogens is 330 g/mol. The molecule has 1 aliphatic rings. The van der Waals surface area contributed by atoms with Crippen LogP contribution in [0.3, 0.4) is 0 Å². The first kappa shape index (κ1) is 16.8. The quantitative estimate of drug-likeness (QED) is 0.797. The van der Waals surface area contributed by atoms with Gasteiger partial charge >= 0.3 is 0 Å². The zero-order chi connectivity index (χ0) is 15.2. The number of hydrogen-bond acceptors (Lipinski definition) is 3. The monoisotopic (exact) mass is 355 g/mol. The van der Waals surface area contributed by atoms with Gasteiger partial charge in [-0.05, 0) is 65.9 Å². The van der Waals surface area contributed by atoms with E-state index in [1.165, 1.54) is 5.56 Å². The summed E-state index contributed by atoms with van der Waals surface area (Å²) in [6.45, 7) is 9.10. The summed E-state index contributed by atoms with van der Waals surface area (Å²) in [5.74, 6) is 1.57. The summed E-state index contributed by atoms with van der Waals surface area (Å²) in [7, 11) is 0. The molecule has 0 radical (unpaired) electrons. The standard InChI is InChI=1S/C17H26BrNO2/c1-12(2)9-19-10-14-5-7-17(16(18)8-14)20-11-15-6-4-13(3)21-15/h5,7-8,12-13,15,19H,4,6,9-11H2,1-3H3. The van der Waals surface area contributed by atoms with Crippen molar-refractivity contribution in [2.75, 3.05) is 13.2 Å². The highest BCUT2D eigenvalue weighted by molar-refractivity contribution is 9.10. The molecule has 21 heavy (non-hydrogen) atoms. The van der Waals surface area contributed by atoms with E-state index in [-0.39, 0.29) is 6.10 Å². The molecule has 1 heterocycles. The molecule has 0 spiro atoms. The van der Waals surface area contributed by atoms with Crippen molar-refractivity contribution in [1.29, 1.82) is 0 Å². The lowest BCUT2D eigenvalue weighted by Crippen LogP contribution is -2.19. The molecule has 1 N–H and O–H groups in total. The Morgan fingerprint density at radius 2 is 2.19 bits per heavy atom. The molecule has 1 aromatic rings. The highest BCUT2D eigenvalue weighted by Gasteiger charge is 2.22. The molecule has 0 bridgehead atoms. The van der Waals surface area contributed by atoms with Gasteiger partial charge in [0, 0.05) is 6.54 Å². The van der Waals surface area contributed by atoms with Gasteiger partial charge in [-0.25, -0.2) is 0 Å². The Morgan fingerprint density at radius 1 is 1.38 bits per heavy atom. The maximum atomic E-state index is 5.87. The number of nitrogens with one attached hydrogen (secondary N) is 1. The first-order valence-corrected chi connectivity index (χ1v) is 8.61. The Kier molecular flexibility index (Phi) is 6.52. The minimum Gasteiger partial charge on any atom is -0.490 e. The van der Waals surface area contributed by atoms with E-state index in [1.54, 1.807) is 0 Å². The lowest BCUT2D eigenvalue weighted by atomic mass is 10.2. The average Bonchev–Trinajstić information content (AvgIpc) is 2.83. The molecule has 1 aromatic carbocycles. The number of benzene rings is 1. The maximum absolute atomic E-state index is 5.87. The summed E-state index contributed by atoms with van der Waals surface area (Å²) in [6, 6.07) is 6.28. The van der Waals surface area contributed by atoms with E-state index in [1.807, 2.05) is 6.07 Å². The van der Waals surface area contributed by atoms with Crippen LogP contribution in [0.1, 0.15) is 39.2 Å². The summed E-state index contributed by atoms with van der Waals surface area (Å²) in [6.07, 6.45) is 2.83. The van der Waals surface area contributed by atoms with E-state index in [9.17, 15) is 0 Å². The molecule has 1 aliphatic heterocycles. The van der Waals surface area contributed by atoms with Crippen LogP contribution in [0.5, 0.6) is 5.75 Å². The van der Waals surface area contributed by atoms with Crippen molar-refractivity contribution >= 4 is 15.9 Å². The van der Waals surface area contributed by atoms with Crippen LogP contribution in [0, 0.1) is 5.92 Å². The van der Waals surface area contributed by atoms with Crippen molar-refractivity contribution in [1.82, 2.24) is 5.32 Å². The molecule has 2 rings (SSSR count). The molecular formula is C17H26BrNO2. The number of rotatable bonds is 7. The first-order valence-electron chi connectivity index (χ1n) is 7.82. The highest BCUT2D eigenvalue weighted by Crippen LogP contribution is 2.27. The predicted octanol–water partition coefficient (Wildman–Crippen LogP) is 4.14. The first-order chi connectivity index (χ1) is 10.0. The summed E-state index contributed by atoms with van der Waals surface area (Å²) < 4.78 is 12.7. The van der Waals surface area contributed by atoms with E-state index in [4.69, 9.17) is 9.47 Å². The molecule has 0 aliphatic carbocycles. The van der Waals surface area contributed by atoms with E-state index in [2.05, 4.69) is 54.2 Å². The van der Waals surface area contributed by atoms with Gasteiger partial charge in [0.2, 0.25) is 0 Å². The van der Waals surface area contributed by atoms with Crippen LogP contribution in [0.4, 0.5) is 0 Å². The molecule has 1 fully saturated rings. The van der Waals surface area contributed by atoms with Crippen LogP contribution in [-0.4, -0.2) is 25.4 Å². The summed E-state index contributed by atoms with van der Waals surface area (Å²) in [4.78, 5) is 0. The number of halogens is 1. The lowest BCUT2D eigenvalue weighted by Gasteiger charge is -2.14. The van der Waals surface area contributed by atoms with Crippen molar-refractivity contribution in [3.05, 3.63) is 28.2 Å². The van der Waals surface area contributed by atoms with Crippen LogP contribution in [-0.2, 0) is 11.3 Å². The van der Waals surface area contributed by atoms with Gasteiger partial charge in [0.15, 0.2) is 0 Å². The third-order valence-electron chi connectivity index (χ3n) is 3.62. The minimum absolute atomic E-state index is 0.235. The number of ether oxygens (including phenoxy) is 2. The van der Waals surface area contributed by atoms with E-state index in [0.717, 1.165) is 36.2 Å². The molecule has 3 nitrogen and oxygen atoms in total. The van der Waals surface area contributed by atoms with Crippen LogP contribution >= 0.6 is 15.9 Å². The van der Waals surface area contributed by atoms with Gasteiger partial charge in [0.25, 0.3) is 0 Å². The van der Waals surface area contributed by atoms with Crippen molar-refractivity contribution < 1.29 is 9.47 Å². The van der Waals surface area contributed by atoms with Crippen molar-refractivity contribution in [3.63, 3.8) is 0 Å². The second kappa shape index (κ2) is 8.16. The molecule has 4 heteroatoms. The van der Waals surface area contributed by atoms with E-state index in [0.29, 0.717) is 18.6 Å². The predicted molar refractivity (Wildman–Crippen MR) is 89.8 cm³/mol. The third kappa shape index (κ3) is 5.61. The van der Waals surface area contributed by atoms with Crippen LogP contribution in [0.2, 0.25) is 0 Å². The van der Waals surface area contributed by atoms with Crippen LogP contribution < -0.4 is 10.1 Å². The smallest absolute Gasteiger partial charge is 0.133 e. The van der Waals surface area contributed by atoms with E-state index < -0.39 is 0 Å². The Bertz CT molecular complexity index is 450. The maximum Gasteiger partial charge on any atom is 0.133 e. The fourth-order valence-corrected chi connectivity index (χ4v) is 3.01. The minimum atomic E-state index is 0.235. The van der Waals surface area contributed by atoms with Crippen molar-refractivity contribution in [2.45, 2.75) is 52.4 Å². The molecule has 2 unspecified atom stereocenters. The Labute approximate surface area is 136 Å². The van der Waals surface area contributed by atoms with Crippen molar-refractivity contribution in [2.24, 2.45) is 5.92 Å². The highest BCUT2D eigenvalue weighted by atomic mass is 79.9. The van der Waals surface area contributed by atoms with Crippen LogP contribution in [0.25, 0.3) is 0 Å². The average molecular weight is 356 g/mol. The Balaban J connectivity index is 1.81. The normalized spacial score (nSPS) is 22.0. The summed E-state index contributed by atoms with van der Waals surface area (Å²) in [5, 5.41) is 3.45. The van der Waals surface area contributed by atoms with Gasteiger partial charge < -0.3 is 14.8 Å². The molecule has 0 amide bonds. The Hall–Kier alpha value is -0.580. The second-order valence-corrected chi connectivity index (χ2v) is 7.10.